The number of hydrogen-bond donors (Lipinski definition) is 1. The van der Waals surface area contributed by atoms with E-state index in [0.717, 1.165) is 15.2 Å². The molecule has 0 aliphatic heterocycles. The molecule has 2 aromatic rings. The molecule has 0 radical (unpaired) electrons. The van der Waals surface area contributed by atoms with Crippen LogP contribution in [-0.2, 0) is 4.79 Å². The van der Waals surface area contributed by atoms with Gasteiger partial charge in [-0.15, -0.1) is 11.3 Å². The molecular weight excluding hydrogens is 196 g/mol. The smallest absolute Gasteiger partial charge is 0.207 e. The summed E-state index contributed by atoms with van der Waals surface area (Å²) in [5, 5.41) is 3.63. The quantitative estimate of drug-likeness (QED) is 0.781. The zero-order valence-electron chi connectivity index (χ0n) is 7.73. The first-order chi connectivity index (χ1) is 6.81. The van der Waals surface area contributed by atoms with E-state index in [2.05, 4.69) is 10.3 Å². The third-order valence-electron chi connectivity index (χ3n) is 2.00. The minimum atomic E-state index is -0.00935. The number of nitrogens with one attached hydrogen (secondary N) is 1. The van der Waals surface area contributed by atoms with E-state index in [0.29, 0.717) is 6.41 Å². The SMILES string of the molecule is C[C@H](NC=O)c1nc2ccccc2s1. The highest BCUT2D eigenvalue weighted by Crippen LogP contribution is 2.25. The average Bonchev–Trinajstić information content (AvgIpc) is 2.61. The van der Waals surface area contributed by atoms with Gasteiger partial charge in [0.25, 0.3) is 0 Å². The summed E-state index contributed by atoms with van der Waals surface area (Å²) in [4.78, 5) is 14.7. The predicted octanol–water partition coefficient (Wildman–Crippen LogP) is 2.10. The molecule has 1 aromatic carbocycles. The van der Waals surface area contributed by atoms with Crippen LogP contribution in [0.5, 0.6) is 0 Å². The van der Waals surface area contributed by atoms with Gasteiger partial charge in [0.15, 0.2) is 0 Å². The molecule has 1 atom stereocenters. The number of amides is 1. The van der Waals surface area contributed by atoms with Gasteiger partial charge in [0.2, 0.25) is 6.41 Å². The lowest BCUT2D eigenvalue weighted by Crippen LogP contribution is -2.15. The van der Waals surface area contributed by atoms with Gasteiger partial charge in [-0.25, -0.2) is 4.98 Å². The Bertz CT molecular complexity index is 419. The zero-order valence-corrected chi connectivity index (χ0v) is 8.54. The Morgan fingerprint density at radius 1 is 1.50 bits per heavy atom. The number of rotatable bonds is 3. The summed E-state index contributed by atoms with van der Waals surface area (Å²) in [5.41, 5.74) is 0.993. The Kier molecular flexibility index (Phi) is 2.45. The van der Waals surface area contributed by atoms with Crippen LogP contribution in [0.3, 0.4) is 0 Å². The first-order valence-corrected chi connectivity index (χ1v) is 5.18. The molecule has 72 valence electrons. The summed E-state index contributed by atoms with van der Waals surface area (Å²) in [6.07, 6.45) is 0.705. The average molecular weight is 206 g/mol. The number of carbonyl (C=O) groups excluding carboxylic acids is 1. The Morgan fingerprint density at radius 2 is 2.29 bits per heavy atom. The van der Waals surface area contributed by atoms with E-state index in [-0.39, 0.29) is 6.04 Å². The minimum absolute atomic E-state index is 0.00935. The van der Waals surface area contributed by atoms with Crippen LogP contribution in [0.4, 0.5) is 0 Å². The summed E-state index contributed by atoms with van der Waals surface area (Å²) in [6, 6.07) is 7.95. The molecular formula is C10H10N2OS. The second-order valence-electron chi connectivity index (χ2n) is 3.03. The van der Waals surface area contributed by atoms with E-state index in [4.69, 9.17) is 0 Å². The summed E-state index contributed by atoms with van der Waals surface area (Å²) < 4.78 is 1.15. The predicted molar refractivity (Wildman–Crippen MR) is 57.2 cm³/mol. The molecule has 0 fully saturated rings. The number of carbonyl (C=O) groups is 1. The fourth-order valence-corrected chi connectivity index (χ4v) is 2.23. The van der Waals surface area contributed by atoms with Crippen molar-refractivity contribution in [2.24, 2.45) is 0 Å². The summed E-state index contributed by atoms with van der Waals surface area (Å²) in [6.45, 7) is 1.92. The van der Waals surface area contributed by atoms with Gasteiger partial charge in [0, 0.05) is 0 Å². The van der Waals surface area contributed by atoms with Crippen molar-refractivity contribution in [2.75, 3.05) is 0 Å². The van der Waals surface area contributed by atoms with E-state index >= 15 is 0 Å². The molecule has 14 heavy (non-hydrogen) atoms. The van der Waals surface area contributed by atoms with Crippen LogP contribution < -0.4 is 5.32 Å². The third-order valence-corrected chi connectivity index (χ3v) is 3.22. The molecule has 0 unspecified atom stereocenters. The van der Waals surface area contributed by atoms with Crippen molar-refractivity contribution in [3.8, 4) is 0 Å². The van der Waals surface area contributed by atoms with Gasteiger partial charge < -0.3 is 5.32 Å². The van der Waals surface area contributed by atoms with E-state index in [9.17, 15) is 4.79 Å². The van der Waals surface area contributed by atoms with Crippen LogP contribution in [0.25, 0.3) is 10.2 Å². The topological polar surface area (TPSA) is 42.0 Å². The van der Waals surface area contributed by atoms with Crippen LogP contribution in [0.15, 0.2) is 24.3 Å². The van der Waals surface area contributed by atoms with Gasteiger partial charge in [0.1, 0.15) is 5.01 Å². The first kappa shape index (κ1) is 9.15. The van der Waals surface area contributed by atoms with Crippen molar-refractivity contribution in [2.45, 2.75) is 13.0 Å². The number of para-hydroxylation sites is 1. The Labute approximate surface area is 85.8 Å². The normalized spacial score (nSPS) is 12.6. The molecule has 0 saturated heterocycles. The fraction of sp³-hybridized carbons (Fsp3) is 0.200. The van der Waals surface area contributed by atoms with Crippen molar-refractivity contribution in [3.63, 3.8) is 0 Å². The van der Waals surface area contributed by atoms with Gasteiger partial charge in [-0.05, 0) is 19.1 Å². The lowest BCUT2D eigenvalue weighted by molar-refractivity contribution is -0.110. The molecule has 2 rings (SSSR count). The number of benzene rings is 1. The number of nitrogens with zero attached hydrogens (tertiary/aromatic N) is 1. The third kappa shape index (κ3) is 1.61. The molecule has 1 amide bonds. The number of hydrogen-bond acceptors (Lipinski definition) is 3. The summed E-state index contributed by atoms with van der Waals surface area (Å²) >= 11 is 1.61. The maximum Gasteiger partial charge on any atom is 0.207 e. The summed E-state index contributed by atoms with van der Waals surface area (Å²) in [7, 11) is 0. The van der Waals surface area contributed by atoms with Crippen molar-refractivity contribution >= 4 is 28.0 Å². The molecule has 0 aliphatic carbocycles. The van der Waals surface area contributed by atoms with Crippen LogP contribution in [0.2, 0.25) is 0 Å². The van der Waals surface area contributed by atoms with E-state index in [1.54, 1.807) is 11.3 Å². The highest BCUT2D eigenvalue weighted by Gasteiger charge is 2.09. The fourth-order valence-electron chi connectivity index (χ4n) is 1.25. The van der Waals surface area contributed by atoms with Gasteiger partial charge in [-0.1, -0.05) is 12.1 Å². The Balaban J connectivity index is 2.39. The highest BCUT2D eigenvalue weighted by molar-refractivity contribution is 7.18. The van der Waals surface area contributed by atoms with Crippen LogP contribution in [0, 0.1) is 0 Å². The van der Waals surface area contributed by atoms with Crippen molar-refractivity contribution in [1.82, 2.24) is 10.3 Å². The number of fused-ring (bicyclic) bond motifs is 1. The molecule has 1 aromatic heterocycles. The maximum absolute atomic E-state index is 10.3. The standard InChI is InChI=1S/C10H10N2OS/c1-7(11-6-13)10-12-8-4-2-3-5-9(8)14-10/h2-7H,1H3,(H,11,13)/t7-/m0/s1. The zero-order chi connectivity index (χ0) is 9.97. The minimum Gasteiger partial charge on any atom is -0.350 e. The van der Waals surface area contributed by atoms with Crippen molar-refractivity contribution in [3.05, 3.63) is 29.3 Å². The Hall–Kier alpha value is -1.42. The molecule has 1 N–H and O–H groups in total. The highest BCUT2D eigenvalue weighted by atomic mass is 32.1. The molecule has 0 bridgehead atoms. The molecule has 3 nitrogen and oxygen atoms in total. The molecule has 0 aliphatic rings. The van der Waals surface area contributed by atoms with Gasteiger partial charge in [0.05, 0.1) is 16.3 Å². The van der Waals surface area contributed by atoms with E-state index in [1.165, 1.54) is 0 Å². The first-order valence-electron chi connectivity index (χ1n) is 4.36. The van der Waals surface area contributed by atoms with Crippen LogP contribution in [0.1, 0.15) is 18.0 Å². The van der Waals surface area contributed by atoms with Gasteiger partial charge >= 0.3 is 0 Å². The van der Waals surface area contributed by atoms with E-state index < -0.39 is 0 Å². The Morgan fingerprint density at radius 3 is 3.00 bits per heavy atom. The summed E-state index contributed by atoms with van der Waals surface area (Å²) in [5.74, 6) is 0. The maximum atomic E-state index is 10.3. The second kappa shape index (κ2) is 3.75. The van der Waals surface area contributed by atoms with Crippen molar-refractivity contribution in [1.29, 1.82) is 0 Å². The molecule has 0 spiro atoms. The molecule has 0 saturated carbocycles. The number of aromatic nitrogens is 1. The lowest BCUT2D eigenvalue weighted by Gasteiger charge is -2.03. The molecule has 1 heterocycles. The lowest BCUT2D eigenvalue weighted by atomic mass is 10.3. The van der Waals surface area contributed by atoms with E-state index in [1.807, 2.05) is 31.2 Å². The second-order valence-corrected chi connectivity index (χ2v) is 4.09. The molecule has 4 heteroatoms. The van der Waals surface area contributed by atoms with Gasteiger partial charge in [-0.3, -0.25) is 4.79 Å². The number of thiazole rings is 1. The van der Waals surface area contributed by atoms with Gasteiger partial charge in [-0.2, -0.15) is 0 Å². The monoisotopic (exact) mass is 206 g/mol. The van der Waals surface area contributed by atoms with Crippen LogP contribution >= 0.6 is 11.3 Å². The van der Waals surface area contributed by atoms with Crippen LogP contribution in [-0.4, -0.2) is 11.4 Å². The largest absolute Gasteiger partial charge is 0.350 e. The van der Waals surface area contributed by atoms with Crippen molar-refractivity contribution < 1.29 is 4.79 Å².